The standard InChI is InChI=1S/C19H26N4OS/c1-12-17(25-13(2)20-12)11-23-9-8-16-15(10-23)19(24)22-18(21-16)14-6-4-3-5-7-14/h14H,3-11H2,1-2H3,(H,21,22,24). The number of hydrogen-bond acceptors (Lipinski definition) is 5. The summed E-state index contributed by atoms with van der Waals surface area (Å²) in [5.74, 6) is 1.39. The second-order valence-electron chi connectivity index (χ2n) is 7.41. The van der Waals surface area contributed by atoms with Gasteiger partial charge in [0.2, 0.25) is 0 Å². The van der Waals surface area contributed by atoms with Crippen molar-refractivity contribution in [2.24, 2.45) is 0 Å². The van der Waals surface area contributed by atoms with Crippen molar-refractivity contribution in [1.82, 2.24) is 19.9 Å². The third-order valence-corrected chi connectivity index (χ3v) is 6.58. The first-order valence-electron chi connectivity index (χ1n) is 9.37. The Morgan fingerprint density at radius 1 is 1.20 bits per heavy atom. The van der Waals surface area contributed by atoms with Gasteiger partial charge in [-0.3, -0.25) is 9.69 Å². The van der Waals surface area contributed by atoms with Crippen LogP contribution >= 0.6 is 11.3 Å². The number of aryl methyl sites for hydroxylation is 2. The summed E-state index contributed by atoms with van der Waals surface area (Å²) in [6, 6.07) is 0. The molecule has 2 aromatic rings. The predicted molar refractivity (Wildman–Crippen MR) is 100 cm³/mol. The molecule has 1 fully saturated rings. The second kappa shape index (κ2) is 7.00. The number of thiazole rings is 1. The molecule has 0 radical (unpaired) electrons. The number of aromatic nitrogens is 3. The number of nitrogens with one attached hydrogen (secondary N) is 1. The van der Waals surface area contributed by atoms with E-state index >= 15 is 0 Å². The van der Waals surface area contributed by atoms with E-state index in [2.05, 4.69) is 21.8 Å². The van der Waals surface area contributed by atoms with Gasteiger partial charge in [0.25, 0.3) is 5.56 Å². The van der Waals surface area contributed by atoms with Gasteiger partial charge in [0.05, 0.1) is 22.0 Å². The SMILES string of the molecule is Cc1nc(C)c(CN2CCc3nc(C4CCCCC4)[nH]c(=O)c3C2)s1. The van der Waals surface area contributed by atoms with Gasteiger partial charge < -0.3 is 4.98 Å². The van der Waals surface area contributed by atoms with Crippen molar-refractivity contribution in [2.45, 2.75) is 71.4 Å². The Hall–Kier alpha value is -1.53. The lowest BCUT2D eigenvalue weighted by atomic mass is 9.88. The number of fused-ring (bicyclic) bond motifs is 1. The first-order chi connectivity index (χ1) is 12.1. The molecule has 5 nitrogen and oxygen atoms in total. The van der Waals surface area contributed by atoms with E-state index in [1.165, 1.54) is 24.1 Å². The van der Waals surface area contributed by atoms with E-state index in [4.69, 9.17) is 4.98 Å². The van der Waals surface area contributed by atoms with Crippen molar-refractivity contribution < 1.29 is 0 Å². The molecule has 0 bridgehead atoms. The first kappa shape index (κ1) is 16.9. The van der Waals surface area contributed by atoms with E-state index in [-0.39, 0.29) is 5.56 Å². The van der Waals surface area contributed by atoms with E-state index in [9.17, 15) is 4.79 Å². The summed E-state index contributed by atoms with van der Waals surface area (Å²) < 4.78 is 0. The summed E-state index contributed by atoms with van der Waals surface area (Å²) in [4.78, 5) is 28.8. The van der Waals surface area contributed by atoms with E-state index in [0.29, 0.717) is 12.5 Å². The van der Waals surface area contributed by atoms with Gasteiger partial charge in [-0.15, -0.1) is 11.3 Å². The van der Waals surface area contributed by atoms with Crippen LogP contribution in [0.15, 0.2) is 4.79 Å². The fourth-order valence-electron chi connectivity index (χ4n) is 4.13. The molecule has 0 atom stereocenters. The number of rotatable bonds is 3. The van der Waals surface area contributed by atoms with Gasteiger partial charge in [-0.25, -0.2) is 9.97 Å². The third kappa shape index (κ3) is 3.55. The Morgan fingerprint density at radius 3 is 2.72 bits per heavy atom. The molecule has 0 amide bonds. The van der Waals surface area contributed by atoms with Gasteiger partial charge >= 0.3 is 0 Å². The van der Waals surface area contributed by atoms with Gasteiger partial charge in [-0.1, -0.05) is 19.3 Å². The molecule has 0 saturated heterocycles. The maximum atomic E-state index is 12.7. The summed E-state index contributed by atoms with van der Waals surface area (Å²) in [6.45, 7) is 6.65. The minimum absolute atomic E-state index is 0.0764. The average molecular weight is 359 g/mol. The Kier molecular flexibility index (Phi) is 4.73. The fourth-order valence-corrected chi connectivity index (χ4v) is 5.11. The molecule has 6 heteroatoms. The summed E-state index contributed by atoms with van der Waals surface area (Å²) in [5.41, 5.74) is 3.09. The van der Waals surface area contributed by atoms with Gasteiger partial charge in [0.15, 0.2) is 0 Å². The van der Waals surface area contributed by atoms with E-state index in [1.54, 1.807) is 11.3 Å². The highest BCUT2D eigenvalue weighted by atomic mass is 32.1. The zero-order valence-electron chi connectivity index (χ0n) is 15.1. The third-order valence-electron chi connectivity index (χ3n) is 5.52. The quantitative estimate of drug-likeness (QED) is 0.913. The van der Waals surface area contributed by atoms with Crippen molar-refractivity contribution in [3.8, 4) is 0 Å². The largest absolute Gasteiger partial charge is 0.310 e. The monoisotopic (exact) mass is 358 g/mol. The molecule has 0 spiro atoms. The summed E-state index contributed by atoms with van der Waals surface area (Å²) >= 11 is 1.76. The van der Waals surface area contributed by atoms with Crippen LogP contribution in [-0.2, 0) is 19.5 Å². The fraction of sp³-hybridized carbons (Fsp3) is 0.632. The van der Waals surface area contributed by atoms with Gasteiger partial charge in [0.1, 0.15) is 5.82 Å². The van der Waals surface area contributed by atoms with Crippen LogP contribution in [0.3, 0.4) is 0 Å². The molecule has 0 unspecified atom stereocenters. The Labute approximate surface area is 152 Å². The van der Waals surface area contributed by atoms with E-state index in [0.717, 1.165) is 60.1 Å². The van der Waals surface area contributed by atoms with Crippen LogP contribution in [0.5, 0.6) is 0 Å². The molecule has 134 valence electrons. The van der Waals surface area contributed by atoms with Gasteiger partial charge in [-0.2, -0.15) is 0 Å². The highest BCUT2D eigenvalue weighted by molar-refractivity contribution is 7.11. The Balaban J connectivity index is 1.53. The number of H-pyrrole nitrogens is 1. The van der Waals surface area contributed by atoms with Crippen LogP contribution in [0.1, 0.15) is 70.7 Å². The highest BCUT2D eigenvalue weighted by Gasteiger charge is 2.25. The number of hydrogen-bond donors (Lipinski definition) is 1. The molecule has 25 heavy (non-hydrogen) atoms. The van der Waals surface area contributed by atoms with Crippen LogP contribution in [0.25, 0.3) is 0 Å². The zero-order valence-corrected chi connectivity index (χ0v) is 15.9. The smallest absolute Gasteiger partial charge is 0.255 e. The second-order valence-corrected chi connectivity index (χ2v) is 8.70. The molecule has 1 aliphatic carbocycles. The lowest BCUT2D eigenvalue weighted by Crippen LogP contribution is -2.36. The summed E-state index contributed by atoms with van der Waals surface area (Å²) in [7, 11) is 0. The minimum atomic E-state index is 0.0764. The van der Waals surface area contributed by atoms with Crippen molar-refractivity contribution in [2.75, 3.05) is 6.54 Å². The maximum absolute atomic E-state index is 12.7. The average Bonchev–Trinajstić information content (AvgIpc) is 2.93. The van der Waals surface area contributed by atoms with Crippen LogP contribution in [0.2, 0.25) is 0 Å². The van der Waals surface area contributed by atoms with Gasteiger partial charge in [-0.05, 0) is 26.7 Å². The van der Waals surface area contributed by atoms with Crippen LogP contribution in [-0.4, -0.2) is 26.4 Å². The molecule has 2 aliphatic rings. The lowest BCUT2D eigenvalue weighted by Gasteiger charge is -2.28. The molecule has 1 saturated carbocycles. The molecule has 0 aromatic carbocycles. The normalized spacial score (nSPS) is 19.1. The summed E-state index contributed by atoms with van der Waals surface area (Å²) in [5, 5.41) is 1.11. The van der Waals surface area contributed by atoms with Crippen LogP contribution < -0.4 is 5.56 Å². The molecule has 1 aliphatic heterocycles. The van der Waals surface area contributed by atoms with E-state index in [1.807, 2.05) is 6.92 Å². The van der Waals surface area contributed by atoms with Crippen molar-refractivity contribution in [1.29, 1.82) is 0 Å². The Bertz CT molecular complexity index is 819. The molecule has 3 heterocycles. The zero-order chi connectivity index (χ0) is 17.4. The molecule has 1 N–H and O–H groups in total. The van der Waals surface area contributed by atoms with Crippen LogP contribution in [0.4, 0.5) is 0 Å². The van der Waals surface area contributed by atoms with Crippen molar-refractivity contribution in [3.05, 3.63) is 43.0 Å². The van der Waals surface area contributed by atoms with Crippen LogP contribution in [0, 0.1) is 13.8 Å². The highest BCUT2D eigenvalue weighted by Crippen LogP contribution is 2.31. The molecular weight excluding hydrogens is 332 g/mol. The lowest BCUT2D eigenvalue weighted by molar-refractivity contribution is 0.242. The first-order valence-corrected chi connectivity index (χ1v) is 10.2. The predicted octanol–water partition coefficient (Wildman–Crippen LogP) is 3.45. The van der Waals surface area contributed by atoms with Crippen molar-refractivity contribution in [3.63, 3.8) is 0 Å². The molecule has 4 rings (SSSR count). The molecule has 2 aromatic heterocycles. The van der Waals surface area contributed by atoms with E-state index < -0.39 is 0 Å². The van der Waals surface area contributed by atoms with Gasteiger partial charge in [0, 0.05) is 36.9 Å². The number of nitrogens with zero attached hydrogens (tertiary/aromatic N) is 3. The Morgan fingerprint density at radius 2 is 2.00 bits per heavy atom. The number of aromatic amines is 1. The maximum Gasteiger partial charge on any atom is 0.255 e. The minimum Gasteiger partial charge on any atom is -0.310 e. The van der Waals surface area contributed by atoms with Crippen molar-refractivity contribution >= 4 is 11.3 Å². The topological polar surface area (TPSA) is 61.9 Å². The molecular formula is C19H26N4OS. The summed E-state index contributed by atoms with van der Waals surface area (Å²) in [6.07, 6.45) is 7.03.